The Morgan fingerprint density at radius 3 is 3.05 bits per heavy atom. The molecule has 0 saturated heterocycles. The molecule has 1 aliphatic heterocycles. The zero-order valence-corrected chi connectivity index (χ0v) is 11.5. The van der Waals surface area contributed by atoms with Crippen molar-refractivity contribution in [1.29, 1.82) is 5.26 Å². The van der Waals surface area contributed by atoms with E-state index in [0.29, 0.717) is 0 Å². The van der Waals surface area contributed by atoms with Gasteiger partial charge in [-0.15, -0.1) is 11.8 Å². The van der Waals surface area contributed by atoms with Crippen molar-refractivity contribution < 1.29 is 0 Å². The van der Waals surface area contributed by atoms with Crippen molar-refractivity contribution in [3.8, 4) is 6.07 Å². The average molecular weight is 270 g/mol. The van der Waals surface area contributed by atoms with Crippen LogP contribution in [0.1, 0.15) is 11.4 Å². The summed E-state index contributed by atoms with van der Waals surface area (Å²) in [6.07, 6.45) is 5.85. The molecular weight excluding hydrogens is 256 g/mol. The molecule has 96 valence electrons. The lowest BCUT2D eigenvalue weighted by atomic mass is 10.1. The smallest absolute Gasteiger partial charge is 0.128 e. The standard InChI is InChI=1S/C14H14N4S/c1-19-13-4-2-3-12(11(13)9-15)18-8-7-17-6-5-16-14(17)10-18/h2-6H,7-8,10H2,1H3. The molecule has 0 amide bonds. The van der Waals surface area contributed by atoms with Crippen molar-refractivity contribution in [2.45, 2.75) is 18.0 Å². The third-order valence-electron chi connectivity index (χ3n) is 3.42. The van der Waals surface area contributed by atoms with Gasteiger partial charge >= 0.3 is 0 Å². The molecule has 4 nitrogen and oxygen atoms in total. The van der Waals surface area contributed by atoms with Crippen LogP contribution in [0.25, 0.3) is 0 Å². The predicted molar refractivity (Wildman–Crippen MR) is 76.2 cm³/mol. The fourth-order valence-electron chi connectivity index (χ4n) is 2.44. The zero-order chi connectivity index (χ0) is 13.2. The number of hydrogen-bond donors (Lipinski definition) is 0. The molecule has 2 heterocycles. The van der Waals surface area contributed by atoms with Gasteiger partial charge in [-0.05, 0) is 18.4 Å². The molecule has 0 N–H and O–H groups in total. The molecule has 0 saturated carbocycles. The van der Waals surface area contributed by atoms with E-state index in [0.717, 1.165) is 41.6 Å². The lowest BCUT2D eigenvalue weighted by Crippen LogP contribution is -2.34. The maximum absolute atomic E-state index is 9.41. The number of nitrogens with zero attached hydrogens (tertiary/aromatic N) is 4. The van der Waals surface area contributed by atoms with E-state index in [1.165, 1.54) is 0 Å². The lowest BCUT2D eigenvalue weighted by molar-refractivity contribution is 0.559. The summed E-state index contributed by atoms with van der Waals surface area (Å²) in [5, 5.41) is 9.41. The Morgan fingerprint density at radius 1 is 1.37 bits per heavy atom. The van der Waals surface area contributed by atoms with Crippen LogP contribution in [0.4, 0.5) is 5.69 Å². The van der Waals surface area contributed by atoms with Crippen LogP contribution >= 0.6 is 11.8 Å². The molecule has 0 bridgehead atoms. The third-order valence-corrected chi connectivity index (χ3v) is 4.20. The first-order chi connectivity index (χ1) is 9.33. The van der Waals surface area contributed by atoms with Gasteiger partial charge in [-0.25, -0.2) is 4.98 Å². The van der Waals surface area contributed by atoms with Crippen molar-refractivity contribution in [1.82, 2.24) is 9.55 Å². The first kappa shape index (κ1) is 12.1. The van der Waals surface area contributed by atoms with E-state index in [2.05, 4.69) is 20.5 Å². The van der Waals surface area contributed by atoms with Crippen molar-refractivity contribution in [2.75, 3.05) is 17.7 Å². The monoisotopic (exact) mass is 270 g/mol. The highest BCUT2D eigenvalue weighted by molar-refractivity contribution is 7.98. The Balaban J connectivity index is 1.98. The van der Waals surface area contributed by atoms with E-state index in [1.54, 1.807) is 11.8 Å². The molecule has 0 spiro atoms. The van der Waals surface area contributed by atoms with Gasteiger partial charge in [0.05, 0.1) is 17.8 Å². The number of fused-ring (bicyclic) bond motifs is 1. The summed E-state index contributed by atoms with van der Waals surface area (Å²) in [6, 6.07) is 8.38. The summed E-state index contributed by atoms with van der Waals surface area (Å²) in [4.78, 5) is 7.64. The van der Waals surface area contributed by atoms with Gasteiger partial charge in [0.15, 0.2) is 0 Å². The Bertz CT molecular complexity index is 641. The van der Waals surface area contributed by atoms with E-state index in [-0.39, 0.29) is 0 Å². The number of imidazole rings is 1. The molecular formula is C14H14N4S. The molecule has 0 fully saturated rings. The summed E-state index contributed by atoms with van der Waals surface area (Å²) in [5.74, 6) is 1.06. The number of aromatic nitrogens is 2. The first-order valence-electron chi connectivity index (χ1n) is 6.15. The van der Waals surface area contributed by atoms with E-state index >= 15 is 0 Å². The van der Waals surface area contributed by atoms with Crippen LogP contribution in [0, 0.1) is 11.3 Å². The van der Waals surface area contributed by atoms with Gasteiger partial charge in [0, 0.05) is 30.4 Å². The predicted octanol–water partition coefficient (Wildman–Crippen LogP) is 2.50. The molecule has 5 heteroatoms. The molecule has 1 aliphatic rings. The third kappa shape index (κ3) is 2.08. The molecule has 0 unspecified atom stereocenters. The Morgan fingerprint density at radius 2 is 2.26 bits per heavy atom. The highest BCUT2D eigenvalue weighted by atomic mass is 32.2. The molecule has 1 aromatic heterocycles. The molecule has 1 aromatic carbocycles. The van der Waals surface area contributed by atoms with Crippen LogP contribution in [0.3, 0.4) is 0 Å². The number of anilines is 1. The van der Waals surface area contributed by atoms with Crippen molar-refractivity contribution in [3.05, 3.63) is 42.0 Å². The second-order valence-electron chi connectivity index (χ2n) is 4.42. The second-order valence-corrected chi connectivity index (χ2v) is 5.27. The van der Waals surface area contributed by atoms with Crippen LogP contribution in [-0.4, -0.2) is 22.4 Å². The minimum absolute atomic E-state index is 0.763. The quantitative estimate of drug-likeness (QED) is 0.787. The molecule has 0 radical (unpaired) electrons. The summed E-state index contributed by atoms with van der Waals surface area (Å²) in [6.45, 7) is 2.60. The summed E-state index contributed by atoms with van der Waals surface area (Å²) in [5.41, 5.74) is 1.79. The van der Waals surface area contributed by atoms with Gasteiger partial charge in [-0.1, -0.05) is 6.07 Å². The first-order valence-corrected chi connectivity index (χ1v) is 7.38. The molecule has 19 heavy (non-hydrogen) atoms. The molecule has 3 rings (SSSR count). The average Bonchev–Trinajstić information content (AvgIpc) is 2.93. The largest absolute Gasteiger partial charge is 0.361 e. The Labute approximate surface area is 116 Å². The highest BCUT2D eigenvalue weighted by Crippen LogP contribution is 2.30. The fraction of sp³-hybridized carbons (Fsp3) is 0.286. The van der Waals surface area contributed by atoms with Gasteiger partial charge in [0.1, 0.15) is 11.9 Å². The topological polar surface area (TPSA) is 44.9 Å². The van der Waals surface area contributed by atoms with Crippen LogP contribution in [0.2, 0.25) is 0 Å². The molecule has 0 atom stereocenters. The van der Waals surface area contributed by atoms with E-state index in [4.69, 9.17) is 0 Å². The van der Waals surface area contributed by atoms with Gasteiger partial charge < -0.3 is 9.47 Å². The second kappa shape index (κ2) is 4.98. The van der Waals surface area contributed by atoms with Crippen LogP contribution in [0.15, 0.2) is 35.5 Å². The minimum Gasteiger partial charge on any atom is -0.361 e. The SMILES string of the molecule is CSc1cccc(N2CCn3ccnc3C2)c1C#N. The van der Waals surface area contributed by atoms with E-state index < -0.39 is 0 Å². The molecule has 0 aliphatic carbocycles. The highest BCUT2D eigenvalue weighted by Gasteiger charge is 2.20. The van der Waals surface area contributed by atoms with Crippen LogP contribution < -0.4 is 4.90 Å². The summed E-state index contributed by atoms with van der Waals surface area (Å²) >= 11 is 1.62. The van der Waals surface area contributed by atoms with Gasteiger partial charge in [0.25, 0.3) is 0 Å². The maximum Gasteiger partial charge on any atom is 0.128 e. The minimum atomic E-state index is 0.763. The van der Waals surface area contributed by atoms with Crippen LogP contribution in [0.5, 0.6) is 0 Å². The van der Waals surface area contributed by atoms with Crippen molar-refractivity contribution in [3.63, 3.8) is 0 Å². The normalized spacial score (nSPS) is 14.0. The summed E-state index contributed by atoms with van der Waals surface area (Å²) in [7, 11) is 0. The number of hydrogen-bond acceptors (Lipinski definition) is 4. The van der Waals surface area contributed by atoms with E-state index in [1.807, 2.05) is 36.8 Å². The maximum atomic E-state index is 9.41. The van der Waals surface area contributed by atoms with Gasteiger partial charge in [0.2, 0.25) is 0 Å². The number of rotatable bonds is 2. The zero-order valence-electron chi connectivity index (χ0n) is 10.7. The van der Waals surface area contributed by atoms with Crippen molar-refractivity contribution >= 4 is 17.4 Å². The number of benzene rings is 1. The number of nitriles is 1. The fourth-order valence-corrected chi connectivity index (χ4v) is 3.01. The summed E-state index contributed by atoms with van der Waals surface area (Å²) < 4.78 is 2.17. The lowest BCUT2D eigenvalue weighted by Gasteiger charge is -2.30. The van der Waals surface area contributed by atoms with Gasteiger partial charge in [-0.3, -0.25) is 0 Å². The molecule has 2 aromatic rings. The number of thioether (sulfide) groups is 1. The van der Waals surface area contributed by atoms with Crippen LogP contribution in [-0.2, 0) is 13.1 Å². The Hall–Kier alpha value is -1.93. The van der Waals surface area contributed by atoms with E-state index in [9.17, 15) is 5.26 Å². The van der Waals surface area contributed by atoms with Crippen molar-refractivity contribution in [2.24, 2.45) is 0 Å². The Kier molecular flexibility index (Phi) is 3.18. The van der Waals surface area contributed by atoms with Gasteiger partial charge in [-0.2, -0.15) is 5.26 Å².